The molecule has 1 saturated heterocycles. The first-order chi connectivity index (χ1) is 15.6. The van der Waals surface area contributed by atoms with Gasteiger partial charge in [0.05, 0.1) is 36.1 Å². The van der Waals surface area contributed by atoms with Crippen LogP contribution in [-0.2, 0) is 4.74 Å². The second kappa shape index (κ2) is 7.66. The molecule has 5 heteroatoms. The highest BCUT2D eigenvalue weighted by Crippen LogP contribution is 2.75. The predicted octanol–water partition coefficient (Wildman–Crippen LogP) is 4.29. The van der Waals surface area contributed by atoms with E-state index in [0.29, 0.717) is 11.8 Å². The minimum Gasteiger partial charge on any atom is -0.393 e. The Morgan fingerprint density at radius 2 is 1.50 bits per heavy atom. The quantitative estimate of drug-likeness (QED) is 0.475. The van der Waals surface area contributed by atoms with Crippen molar-refractivity contribution in [2.24, 2.45) is 45.3 Å². The van der Waals surface area contributed by atoms with E-state index in [4.69, 9.17) is 4.74 Å². The highest BCUT2D eigenvalue weighted by molar-refractivity contribution is 5.21. The zero-order chi connectivity index (χ0) is 25.1. The molecule has 5 fully saturated rings. The molecule has 0 spiro atoms. The lowest BCUT2D eigenvalue weighted by Crippen LogP contribution is -2.69. The standard InChI is InChI=1S/C29H50O5/c1-25(2)21(32)11-12-27(5)20-14-17(30)23-16(19-8-9-22(34-19)26(3,4)33)10-13-28(23,6)29(20,7)15-18(31)24(25)27/h16-24,30-33H,8-15H2,1-7H3/t16?,17-,18?,19?,20?,21+,22-,23?,24?,27-,28-,29-/m1/s1. The van der Waals surface area contributed by atoms with Crippen LogP contribution >= 0.6 is 0 Å². The summed E-state index contributed by atoms with van der Waals surface area (Å²) < 4.78 is 6.45. The second-order valence-corrected chi connectivity index (χ2v) is 14.9. The van der Waals surface area contributed by atoms with Crippen molar-refractivity contribution in [1.29, 1.82) is 0 Å². The van der Waals surface area contributed by atoms with Gasteiger partial charge in [-0.2, -0.15) is 0 Å². The number of rotatable bonds is 2. The first-order valence-corrected chi connectivity index (χ1v) is 14.0. The van der Waals surface area contributed by atoms with E-state index < -0.39 is 11.7 Å². The Balaban J connectivity index is 1.48. The van der Waals surface area contributed by atoms with Crippen molar-refractivity contribution >= 4 is 0 Å². The van der Waals surface area contributed by atoms with Crippen LogP contribution in [0.3, 0.4) is 0 Å². The van der Waals surface area contributed by atoms with Crippen LogP contribution < -0.4 is 0 Å². The number of ether oxygens (including phenoxy) is 1. The van der Waals surface area contributed by atoms with Crippen LogP contribution in [0.4, 0.5) is 0 Å². The molecule has 0 bridgehead atoms. The molecule has 5 aliphatic rings. The van der Waals surface area contributed by atoms with Crippen molar-refractivity contribution in [3.05, 3.63) is 0 Å². The summed E-state index contributed by atoms with van der Waals surface area (Å²) in [6.07, 6.45) is 5.89. The van der Waals surface area contributed by atoms with Gasteiger partial charge in [0.2, 0.25) is 0 Å². The summed E-state index contributed by atoms with van der Waals surface area (Å²) >= 11 is 0. The molecule has 4 aliphatic carbocycles. The van der Waals surface area contributed by atoms with Gasteiger partial charge in [-0.15, -0.1) is 0 Å². The number of hydrogen-bond donors (Lipinski definition) is 4. The molecule has 4 saturated carbocycles. The molecule has 12 atom stereocenters. The van der Waals surface area contributed by atoms with E-state index in [1.807, 2.05) is 13.8 Å². The molecule has 1 heterocycles. The van der Waals surface area contributed by atoms with Gasteiger partial charge in [0, 0.05) is 0 Å². The molecular formula is C29H50O5. The molecule has 5 nitrogen and oxygen atoms in total. The molecule has 34 heavy (non-hydrogen) atoms. The van der Waals surface area contributed by atoms with Gasteiger partial charge in [-0.25, -0.2) is 0 Å². The van der Waals surface area contributed by atoms with Crippen LogP contribution in [0.5, 0.6) is 0 Å². The van der Waals surface area contributed by atoms with Crippen LogP contribution in [-0.4, -0.2) is 56.5 Å². The highest BCUT2D eigenvalue weighted by atomic mass is 16.5. The summed E-state index contributed by atoms with van der Waals surface area (Å²) in [7, 11) is 0. The van der Waals surface area contributed by atoms with Crippen molar-refractivity contribution in [3.63, 3.8) is 0 Å². The third kappa shape index (κ3) is 3.22. The van der Waals surface area contributed by atoms with Crippen LogP contribution in [0.1, 0.15) is 99.8 Å². The lowest BCUT2D eigenvalue weighted by molar-refractivity contribution is -0.273. The van der Waals surface area contributed by atoms with Gasteiger partial charge in [-0.1, -0.05) is 34.6 Å². The average molecular weight is 479 g/mol. The van der Waals surface area contributed by atoms with Gasteiger partial charge in [-0.3, -0.25) is 0 Å². The third-order valence-electron chi connectivity index (χ3n) is 12.6. The van der Waals surface area contributed by atoms with Crippen LogP contribution in [0, 0.1) is 45.3 Å². The van der Waals surface area contributed by atoms with Crippen LogP contribution in [0.25, 0.3) is 0 Å². The Morgan fingerprint density at radius 1 is 0.824 bits per heavy atom. The lowest BCUT2D eigenvalue weighted by Gasteiger charge is -2.71. The van der Waals surface area contributed by atoms with Crippen LogP contribution in [0.2, 0.25) is 0 Å². The normalized spacial score (nSPS) is 57.1. The number of aliphatic hydroxyl groups excluding tert-OH is 3. The second-order valence-electron chi connectivity index (χ2n) is 14.9. The largest absolute Gasteiger partial charge is 0.393 e. The SMILES string of the molecule is CC(C)(O)[C@H]1CCC(C2CC[C@]3(C)C2[C@H](O)CC2[C@@]4(C)CC[C@H](O)C(C)(C)C4C(O)C[C@]23C)O1. The Hall–Kier alpha value is -0.200. The van der Waals surface area contributed by atoms with E-state index >= 15 is 0 Å². The molecule has 1 aliphatic heterocycles. The zero-order valence-corrected chi connectivity index (χ0v) is 22.6. The molecule has 0 aromatic rings. The zero-order valence-electron chi connectivity index (χ0n) is 22.6. The van der Waals surface area contributed by atoms with Gasteiger partial charge >= 0.3 is 0 Å². The Kier molecular flexibility index (Phi) is 5.73. The van der Waals surface area contributed by atoms with Crippen molar-refractivity contribution in [2.45, 2.75) is 136 Å². The Morgan fingerprint density at radius 3 is 2.12 bits per heavy atom. The molecule has 5 rings (SSSR count). The van der Waals surface area contributed by atoms with Gasteiger partial charge in [0.15, 0.2) is 0 Å². The minimum atomic E-state index is -0.839. The van der Waals surface area contributed by atoms with E-state index in [0.717, 1.165) is 51.4 Å². The maximum atomic E-state index is 11.8. The number of fused-ring (bicyclic) bond motifs is 5. The summed E-state index contributed by atoms with van der Waals surface area (Å²) in [5.74, 6) is 0.826. The molecule has 0 radical (unpaired) electrons. The summed E-state index contributed by atoms with van der Waals surface area (Å²) in [6.45, 7) is 15.1. The molecule has 0 aromatic carbocycles. The smallest absolute Gasteiger partial charge is 0.0861 e. The van der Waals surface area contributed by atoms with Crippen molar-refractivity contribution in [1.82, 2.24) is 0 Å². The number of hydrogen-bond acceptors (Lipinski definition) is 5. The molecule has 0 aromatic heterocycles. The average Bonchev–Trinajstić information content (AvgIpc) is 3.33. The maximum absolute atomic E-state index is 11.8. The van der Waals surface area contributed by atoms with E-state index in [-0.39, 0.29) is 57.9 Å². The Labute approximate surface area is 206 Å². The summed E-state index contributed by atoms with van der Waals surface area (Å²) in [6, 6.07) is 0. The molecule has 6 unspecified atom stereocenters. The van der Waals surface area contributed by atoms with Gasteiger partial charge in [0.1, 0.15) is 0 Å². The molecule has 4 N–H and O–H groups in total. The first kappa shape index (κ1) is 25.4. The Bertz CT molecular complexity index is 805. The minimum absolute atomic E-state index is 0.0390. The third-order valence-corrected chi connectivity index (χ3v) is 12.6. The summed E-state index contributed by atoms with van der Waals surface area (Å²) in [5, 5.41) is 44.9. The maximum Gasteiger partial charge on any atom is 0.0861 e. The highest BCUT2D eigenvalue weighted by Gasteiger charge is 2.72. The van der Waals surface area contributed by atoms with Gasteiger partial charge in [-0.05, 0) is 111 Å². The lowest BCUT2D eigenvalue weighted by atomic mass is 9.34. The number of aliphatic hydroxyl groups is 4. The summed E-state index contributed by atoms with van der Waals surface area (Å²) in [5.41, 5.74) is -1.40. The van der Waals surface area contributed by atoms with E-state index in [2.05, 4.69) is 34.6 Å². The molecular weight excluding hydrogens is 428 g/mol. The predicted molar refractivity (Wildman–Crippen MR) is 132 cm³/mol. The van der Waals surface area contributed by atoms with Crippen molar-refractivity contribution in [2.75, 3.05) is 0 Å². The fraction of sp³-hybridized carbons (Fsp3) is 1.00. The fourth-order valence-electron chi connectivity index (χ4n) is 10.9. The van der Waals surface area contributed by atoms with Gasteiger partial charge < -0.3 is 25.2 Å². The summed E-state index contributed by atoms with van der Waals surface area (Å²) in [4.78, 5) is 0. The van der Waals surface area contributed by atoms with Gasteiger partial charge in [0.25, 0.3) is 0 Å². The monoisotopic (exact) mass is 478 g/mol. The van der Waals surface area contributed by atoms with Crippen LogP contribution in [0.15, 0.2) is 0 Å². The van der Waals surface area contributed by atoms with E-state index in [1.165, 1.54) is 0 Å². The topological polar surface area (TPSA) is 90.2 Å². The molecule has 196 valence electrons. The van der Waals surface area contributed by atoms with E-state index in [1.54, 1.807) is 0 Å². The fourth-order valence-corrected chi connectivity index (χ4v) is 10.9. The van der Waals surface area contributed by atoms with Crippen molar-refractivity contribution < 1.29 is 25.2 Å². The molecule has 0 amide bonds. The van der Waals surface area contributed by atoms with E-state index in [9.17, 15) is 20.4 Å². The van der Waals surface area contributed by atoms with Crippen molar-refractivity contribution in [3.8, 4) is 0 Å². The first-order valence-electron chi connectivity index (χ1n) is 14.0.